The van der Waals surface area contributed by atoms with Crippen molar-refractivity contribution < 1.29 is 5.11 Å². The predicted molar refractivity (Wildman–Crippen MR) is 73.2 cm³/mol. The van der Waals surface area contributed by atoms with Gasteiger partial charge in [-0.15, -0.1) is 11.8 Å². The van der Waals surface area contributed by atoms with Crippen molar-refractivity contribution in [2.45, 2.75) is 56.7 Å². The molecule has 0 bridgehead atoms. The highest BCUT2D eigenvalue weighted by atomic mass is 32.2. The minimum atomic E-state index is -0.326. The molecule has 2 N–H and O–H groups in total. The second-order valence-electron chi connectivity index (χ2n) is 4.57. The number of rotatable bonds is 6. The van der Waals surface area contributed by atoms with E-state index in [1.165, 1.54) is 5.56 Å². The van der Waals surface area contributed by atoms with Crippen molar-refractivity contribution in [2.24, 2.45) is 0 Å². The van der Waals surface area contributed by atoms with Crippen molar-refractivity contribution in [3.63, 3.8) is 0 Å². The molecule has 1 heterocycles. The summed E-state index contributed by atoms with van der Waals surface area (Å²) in [5.74, 6) is 0. The van der Waals surface area contributed by atoms with Gasteiger partial charge >= 0.3 is 0 Å². The van der Waals surface area contributed by atoms with Gasteiger partial charge in [0.1, 0.15) is 5.03 Å². The molecule has 0 saturated heterocycles. The average molecular weight is 254 g/mol. The van der Waals surface area contributed by atoms with Gasteiger partial charge in [-0.1, -0.05) is 26.8 Å². The number of nitrogens with one attached hydrogen (secondary N) is 1. The van der Waals surface area contributed by atoms with Crippen LogP contribution in [0.15, 0.2) is 23.4 Å². The maximum Gasteiger partial charge on any atom is 0.101 e. The molecule has 0 radical (unpaired) electrons. The van der Waals surface area contributed by atoms with Gasteiger partial charge in [0.2, 0.25) is 0 Å². The Morgan fingerprint density at radius 2 is 2.06 bits per heavy atom. The summed E-state index contributed by atoms with van der Waals surface area (Å²) >= 11 is 1.63. The zero-order valence-corrected chi connectivity index (χ0v) is 11.8. The molecule has 0 aromatic carbocycles. The van der Waals surface area contributed by atoms with E-state index in [0.717, 1.165) is 11.6 Å². The van der Waals surface area contributed by atoms with Crippen LogP contribution in [0.4, 0.5) is 0 Å². The summed E-state index contributed by atoms with van der Waals surface area (Å²) in [6, 6.07) is 4.50. The van der Waals surface area contributed by atoms with E-state index in [4.69, 9.17) is 0 Å². The van der Waals surface area contributed by atoms with Crippen LogP contribution in [0.25, 0.3) is 0 Å². The fraction of sp³-hybridized carbons (Fsp3) is 0.615. The van der Waals surface area contributed by atoms with Crippen molar-refractivity contribution in [3.05, 3.63) is 23.9 Å². The van der Waals surface area contributed by atoms with Crippen LogP contribution in [0.3, 0.4) is 0 Å². The highest BCUT2D eigenvalue weighted by Gasteiger charge is 2.13. The van der Waals surface area contributed by atoms with Crippen LogP contribution in [0.1, 0.15) is 33.3 Å². The minimum absolute atomic E-state index is 0.155. The van der Waals surface area contributed by atoms with E-state index in [1.54, 1.807) is 18.0 Å². The first kappa shape index (κ1) is 14.5. The summed E-state index contributed by atoms with van der Waals surface area (Å²) in [5, 5.41) is 14.1. The summed E-state index contributed by atoms with van der Waals surface area (Å²) < 4.78 is 0. The van der Waals surface area contributed by atoms with Crippen molar-refractivity contribution in [3.8, 4) is 0 Å². The molecule has 2 atom stereocenters. The van der Waals surface area contributed by atoms with Crippen LogP contribution in [-0.2, 0) is 6.54 Å². The summed E-state index contributed by atoms with van der Waals surface area (Å²) in [6.45, 7) is 8.90. The summed E-state index contributed by atoms with van der Waals surface area (Å²) in [5.41, 5.74) is 1.19. The van der Waals surface area contributed by atoms with Crippen molar-refractivity contribution in [1.82, 2.24) is 10.3 Å². The van der Waals surface area contributed by atoms with Crippen molar-refractivity contribution >= 4 is 11.8 Å². The number of pyridine rings is 1. The Bertz CT molecular complexity index is 342. The molecule has 0 aliphatic heterocycles. The largest absolute Gasteiger partial charge is 0.392 e. The number of thioether (sulfide) groups is 1. The molecule has 1 rings (SSSR count). The molecule has 4 heteroatoms. The zero-order valence-electron chi connectivity index (χ0n) is 11.0. The van der Waals surface area contributed by atoms with Crippen LogP contribution >= 0.6 is 11.8 Å². The van der Waals surface area contributed by atoms with Gasteiger partial charge in [-0.2, -0.15) is 0 Å². The molecule has 1 aromatic rings. The number of aromatic nitrogens is 1. The van der Waals surface area contributed by atoms with E-state index < -0.39 is 0 Å². The highest BCUT2D eigenvalue weighted by molar-refractivity contribution is 7.99. The third-order valence-corrected chi connectivity index (χ3v) is 3.88. The average Bonchev–Trinajstić information content (AvgIpc) is 2.27. The van der Waals surface area contributed by atoms with E-state index in [9.17, 15) is 5.11 Å². The molecule has 0 aliphatic carbocycles. The SMILES string of the molecule is CC(C)NCc1cccnc1SC(C)C(C)O. The molecule has 1 aromatic heterocycles. The van der Waals surface area contributed by atoms with E-state index in [0.29, 0.717) is 6.04 Å². The summed E-state index contributed by atoms with van der Waals surface area (Å²) in [6.07, 6.45) is 1.48. The minimum Gasteiger partial charge on any atom is -0.392 e. The monoisotopic (exact) mass is 254 g/mol. The molecule has 17 heavy (non-hydrogen) atoms. The molecule has 0 aliphatic rings. The Balaban J connectivity index is 2.70. The first-order chi connectivity index (χ1) is 8.00. The first-order valence-corrected chi connectivity index (χ1v) is 6.90. The topological polar surface area (TPSA) is 45.2 Å². The molecule has 0 saturated carbocycles. The van der Waals surface area contributed by atoms with Crippen molar-refractivity contribution in [2.75, 3.05) is 0 Å². The Labute approximate surface area is 108 Å². The van der Waals surface area contributed by atoms with Gasteiger partial charge in [0, 0.05) is 24.0 Å². The van der Waals surface area contributed by atoms with Gasteiger partial charge in [0.15, 0.2) is 0 Å². The standard InChI is InChI=1S/C13H22N2OS/c1-9(2)15-8-12-6-5-7-14-13(12)17-11(4)10(3)16/h5-7,9-11,15-16H,8H2,1-4H3. The van der Waals surface area contributed by atoms with Crippen LogP contribution in [0.5, 0.6) is 0 Å². The van der Waals surface area contributed by atoms with E-state index in [2.05, 4.69) is 30.2 Å². The second-order valence-corrected chi connectivity index (χ2v) is 5.93. The quantitative estimate of drug-likeness (QED) is 0.765. The predicted octanol–water partition coefficient (Wildman–Crippen LogP) is 2.44. The van der Waals surface area contributed by atoms with Gasteiger partial charge in [-0.25, -0.2) is 4.98 Å². The zero-order chi connectivity index (χ0) is 12.8. The number of aliphatic hydroxyl groups is 1. The number of nitrogens with zero attached hydrogens (tertiary/aromatic N) is 1. The molecule has 0 fully saturated rings. The number of aliphatic hydroxyl groups excluding tert-OH is 1. The summed E-state index contributed by atoms with van der Waals surface area (Å²) in [7, 11) is 0. The Morgan fingerprint density at radius 3 is 2.65 bits per heavy atom. The maximum absolute atomic E-state index is 9.53. The van der Waals surface area contributed by atoms with E-state index in [-0.39, 0.29) is 11.4 Å². The highest BCUT2D eigenvalue weighted by Crippen LogP contribution is 2.26. The maximum atomic E-state index is 9.53. The van der Waals surface area contributed by atoms with Crippen LogP contribution in [-0.4, -0.2) is 27.5 Å². The lowest BCUT2D eigenvalue weighted by atomic mass is 10.2. The van der Waals surface area contributed by atoms with Gasteiger partial charge in [0.25, 0.3) is 0 Å². The van der Waals surface area contributed by atoms with Crippen molar-refractivity contribution in [1.29, 1.82) is 0 Å². The lowest BCUT2D eigenvalue weighted by Crippen LogP contribution is -2.22. The Morgan fingerprint density at radius 1 is 1.35 bits per heavy atom. The molecular formula is C13H22N2OS. The molecule has 0 spiro atoms. The van der Waals surface area contributed by atoms with Crippen LogP contribution < -0.4 is 5.32 Å². The van der Waals surface area contributed by atoms with Gasteiger partial charge in [-0.3, -0.25) is 0 Å². The molecule has 3 nitrogen and oxygen atoms in total. The van der Waals surface area contributed by atoms with E-state index >= 15 is 0 Å². The lowest BCUT2D eigenvalue weighted by Gasteiger charge is -2.16. The molecule has 2 unspecified atom stereocenters. The fourth-order valence-electron chi connectivity index (χ4n) is 1.25. The van der Waals surface area contributed by atoms with Crippen LogP contribution in [0.2, 0.25) is 0 Å². The third-order valence-electron chi connectivity index (χ3n) is 2.53. The summed E-state index contributed by atoms with van der Waals surface area (Å²) in [4.78, 5) is 4.39. The van der Waals surface area contributed by atoms with E-state index in [1.807, 2.05) is 19.9 Å². The smallest absolute Gasteiger partial charge is 0.101 e. The lowest BCUT2D eigenvalue weighted by molar-refractivity contribution is 0.196. The Hall–Kier alpha value is -0.580. The molecule has 96 valence electrons. The van der Waals surface area contributed by atoms with Crippen LogP contribution in [0, 0.1) is 0 Å². The van der Waals surface area contributed by atoms with Gasteiger partial charge < -0.3 is 10.4 Å². The normalized spacial score (nSPS) is 14.9. The molecular weight excluding hydrogens is 232 g/mol. The third kappa shape index (κ3) is 5.06. The fourth-order valence-corrected chi connectivity index (χ4v) is 2.22. The molecule has 0 amide bonds. The number of hydrogen-bond acceptors (Lipinski definition) is 4. The number of hydrogen-bond donors (Lipinski definition) is 2. The second kappa shape index (κ2) is 6.99. The Kier molecular flexibility index (Phi) is 5.95. The first-order valence-electron chi connectivity index (χ1n) is 6.02. The van der Waals surface area contributed by atoms with Gasteiger partial charge in [0.05, 0.1) is 6.10 Å². The van der Waals surface area contributed by atoms with Gasteiger partial charge in [-0.05, 0) is 18.6 Å².